The Morgan fingerprint density at radius 2 is 2.33 bits per heavy atom. The van der Waals surface area contributed by atoms with Crippen molar-refractivity contribution in [2.24, 2.45) is 0 Å². The zero-order chi connectivity index (χ0) is 11.6. The van der Waals surface area contributed by atoms with Crippen molar-refractivity contribution in [3.8, 4) is 0 Å². The van der Waals surface area contributed by atoms with Crippen molar-refractivity contribution in [3.63, 3.8) is 0 Å². The molecule has 0 aliphatic carbocycles. The van der Waals surface area contributed by atoms with Gasteiger partial charge in [-0.05, 0) is 9.91 Å². The Hall–Kier alpha value is -1.12. The quantitative estimate of drug-likeness (QED) is 0.378. The molecule has 0 aliphatic heterocycles. The van der Waals surface area contributed by atoms with Crippen LogP contribution in [0.1, 0.15) is 5.82 Å². The summed E-state index contributed by atoms with van der Waals surface area (Å²) in [6, 6.07) is 0. The van der Waals surface area contributed by atoms with Crippen molar-refractivity contribution in [3.05, 3.63) is 15.9 Å². The number of aromatic nitrogens is 2. The molecule has 1 atom stereocenters. The molecule has 2 N–H and O–H groups in total. The molecule has 0 bridgehead atoms. The van der Waals surface area contributed by atoms with Crippen LogP contribution in [-0.2, 0) is 6.54 Å². The molecule has 1 rings (SSSR count). The van der Waals surface area contributed by atoms with Gasteiger partial charge < -0.3 is 20.3 Å². The van der Waals surface area contributed by atoms with Gasteiger partial charge in [-0.1, -0.05) is 0 Å². The molecule has 0 amide bonds. The summed E-state index contributed by atoms with van der Waals surface area (Å²) < 4.78 is 1.38. The highest BCUT2D eigenvalue weighted by Gasteiger charge is 2.23. The molecule has 0 spiro atoms. The predicted molar refractivity (Wildman–Crippen MR) is 54.0 cm³/mol. The van der Waals surface area contributed by atoms with Crippen molar-refractivity contribution in [2.45, 2.75) is 24.6 Å². The van der Waals surface area contributed by atoms with Crippen LogP contribution in [-0.4, -0.2) is 37.4 Å². The molecule has 1 heterocycles. The molecule has 8 heteroatoms. The van der Waals surface area contributed by atoms with Gasteiger partial charge in [-0.25, -0.2) is 0 Å². The van der Waals surface area contributed by atoms with E-state index in [-0.39, 0.29) is 17.4 Å². The van der Waals surface area contributed by atoms with E-state index in [2.05, 4.69) is 17.6 Å². The first-order valence-corrected chi connectivity index (χ1v) is 4.61. The van der Waals surface area contributed by atoms with E-state index in [9.17, 15) is 15.2 Å². The standard InChI is InChI=1S/C7H11N3O4S/c1-4-8-6(10(13)14)7(15)9(4)2-5(12)3-11/h5,11-12,15H,2-3H2,1H3. The average Bonchev–Trinajstić information content (AvgIpc) is 2.45. The Balaban J connectivity index is 3.03. The van der Waals surface area contributed by atoms with Gasteiger partial charge in [0.05, 0.1) is 19.3 Å². The number of rotatable bonds is 4. The molecule has 0 saturated heterocycles. The molecule has 1 unspecified atom stereocenters. The van der Waals surface area contributed by atoms with Gasteiger partial charge >= 0.3 is 5.82 Å². The maximum Gasteiger partial charge on any atom is 0.395 e. The maximum atomic E-state index is 10.5. The van der Waals surface area contributed by atoms with Gasteiger partial charge in [0.15, 0.2) is 5.03 Å². The Morgan fingerprint density at radius 3 is 2.73 bits per heavy atom. The van der Waals surface area contributed by atoms with E-state index in [1.807, 2.05) is 0 Å². The lowest BCUT2D eigenvalue weighted by Crippen LogP contribution is -2.20. The van der Waals surface area contributed by atoms with Crippen LogP contribution in [0.3, 0.4) is 0 Å². The topological polar surface area (TPSA) is 101 Å². The van der Waals surface area contributed by atoms with E-state index < -0.39 is 17.6 Å². The number of nitrogens with zero attached hydrogens (tertiary/aromatic N) is 3. The van der Waals surface area contributed by atoms with Gasteiger partial charge in [-0.2, -0.15) is 0 Å². The molecular formula is C7H11N3O4S. The molecule has 0 radical (unpaired) electrons. The number of imidazole rings is 1. The number of aryl methyl sites for hydroxylation is 1. The van der Waals surface area contributed by atoms with Gasteiger partial charge in [-0.15, -0.1) is 12.6 Å². The zero-order valence-electron chi connectivity index (χ0n) is 7.99. The highest BCUT2D eigenvalue weighted by molar-refractivity contribution is 7.80. The fraction of sp³-hybridized carbons (Fsp3) is 0.571. The lowest BCUT2D eigenvalue weighted by molar-refractivity contribution is -0.392. The summed E-state index contributed by atoms with van der Waals surface area (Å²) in [5.41, 5.74) is 0. The Kier molecular flexibility index (Phi) is 3.66. The first-order chi connectivity index (χ1) is 6.97. The van der Waals surface area contributed by atoms with Crippen LogP contribution in [0, 0.1) is 17.0 Å². The second-order valence-corrected chi connectivity index (χ2v) is 3.43. The van der Waals surface area contributed by atoms with Crippen LogP contribution >= 0.6 is 12.6 Å². The zero-order valence-corrected chi connectivity index (χ0v) is 8.89. The minimum atomic E-state index is -0.983. The molecule has 0 saturated carbocycles. The molecule has 0 fully saturated rings. The van der Waals surface area contributed by atoms with E-state index in [4.69, 9.17) is 5.11 Å². The molecule has 15 heavy (non-hydrogen) atoms. The third-order valence-corrected chi connectivity index (χ3v) is 2.33. The van der Waals surface area contributed by atoms with E-state index in [0.717, 1.165) is 0 Å². The number of aliphatic hydroxyl groups is 2. The van der Waals surface area contributed by atoms with E-state index in [1.54, 1.807) is 6.92 Å². The number of hydrogen-bond donors (Lipinski definition) is 3. The van der Waals surface area contributed by atoms with Crippen molar-refractivity contribution in [1.29, 1.82) is 0 Å². The number of nitro groups is 1. The highest BCUT2D eigenvalue weighted by Crippen LogP contribution is 2.22. The van der Waals surface area contributed by atoms with Crippen LogP contribution in [0.2, 0.25) is 0 Å². The fourth-order valence-electron chi connectivity index (χ4n) is 1.15. The Labute approximate surface area is 90.9 Å². The second kappa shape index (κ2) is 4.60. The SMILES string of the molecule is Cc1nc([N+](=O)[O-])c(S)n1CC(O)CO. The number of thiol groups is 1. The minimum Gasteiger partial charge on any atom is -0.394 e. The van der Waals surface area contributed by atoms with Crippen LogP contribution in [0.25, 0.3) is 0 Å². The molecule has 1 aromatic heterocycles. The monoisotopic (exact) mass is 233 g/mol. The van der Waals surface area contributed by atoms with E-state index >= 15 is 0 Å². The molecular weight excluding hydrogens is 222 g/mol. The van der Waals surface area contributed by atoms with Crippen LogP contribution < -0.4 is 0 Å². The smallest absolute Gasteiger partial charge is 0.394 e. The molecule has 0 aliphatic rings. The van der Waals surface area contributed by atoms with Crippen molar-refractivity contribution < 1.29 is 15.1 Å². The van der Waals surface area contributed by atoms with Crippen molar-refractivity contribution in [1.82, 2.24) is 9.55 Å². The predicted octanol–water partition coefficient (Wildman–Crippen LogP) is -0.258. The summed E-state index contributed by atoms with van der Waals surface area (Å²) in [5.74, 6) is 0.0279. The highest BCUT2D eigenvalue weighted by atomic mass is 32.1. The number of hydrogen-bond acceptors (Lipinski definition) is 6. The summed E-state index contributed by atoms with van der Waals surface area (Å²) in [6.07, 6.45) is -0.983. The minimum absolute atomic E-state index is 0.0298. The van der Waals surface area contributed by atoms with Gasteiger partial charge in [0.1, 0.15) is 0 Å². The maximum absolute atomic E-state index is 10.5. The van der Waals surface area contributed by atoms with Crippen LogP contribution in [0.15, 0.2) is 5.03 Å². The summed E-state index contributed by atoms with van der Waals surface area (Å²) in [6.45, 7) is 1.18. The summed E-state index contributed by atoms with van der Waals surface area (Å²) in [5, 5.41) is 28.4. The lowest BCUT2D eigenvalue weighted by Gasteiger charge is -2.08. The van der Waals surface area contributed by atoms with Gasteiger partial charge in [0.2, 0.25) is 5.82 Å². The average molecular weight is 233 g/mol. The Bertz CT molecular complexity index is 379. The van der Waals surface area contributed by atoms with Crippen molar-refractivity contribution >= 4 is 18.4 Å². The molecule has 84 valence electrons. The van der Waals surface area contributed by atoms with Gasteiger partial charge in [0, 0.05) is 6.92 Å². The summed E-state index contributed by atoms with van der Waals surface area (Å²) >= 11 is 3.95. The van der Waals surface area contributed by atoms with E-state index in [1.165, 1.54) is 4.57 Å². The van der Waals surface area contributed by atoms with Gasteiger partial charge in [-0.3, -0.25) is 4.57 Å². The van der Waals surface area contributed by atoms with E-state index in [0.29, 0.717) is 5.82 Å². The number of aliphatic hydroxyl groups excluding tert-OH is 2. The summed E-state index contributed by atoms with van der Waals surface area (Å²) in [7, 11) is 0. The first kappa shape index (κ1) is 12.0. The molecule has 7 nitrogen and oxygen atoms in total. The Morgan fingerprint density at radius 1 is 1.73 bits per heavy atom. The second-order valence-electron chi connectivity index (χ2n) is 3.01. The third-order valence-electron chi connectivity index (χ3n) is 1.89. The third kappa shape index (κ3) is 2.46. The van der Waals surface area contributed by atoms with Crippen molar-refractivity contribution in [2.75, 3.05) is 6.61 Å². The van der Waals surface area contributed by atoms with Crippen LogP contribution in [0.5, 0.6) is 0 Å². The largest absolute Gasteiger partial charge is 0.395 e. The molecule has 1 aromatic rings. The van der Waals surface area contributed by atoms with Gasteiger partial charge in [0.25, 0.3) is 0 Å². The summed E-state index contributed by atoms with van der Waals surface area (Å²) in [4.78, 5) is 13.6. The molecule has 0 aromatic carbocycles. The lowest BCUT2D eigenvalue weighted by atomic mass is 10.4. The normalized spacial score (nSPS) is 12.8. The fourth-order valence-corrected chi connectivity index (χ4v) is 1.51. The van der Waals surface area contributed by atoms with Crippen LogP contribution in [0.4, 0.5) is 5.82 Å². The first-order valence-electron chi connectivity index (χ1n) is 4.16.